The monoisotopic (exact) mass is 622 g/mol. The van der Waals surface area contributed by atoms with Gasteiger partial charge in [-0.15, -0.1) is 0 Å². The van der Waals surface area contributed by atoms with Gasteiger partial charge in [0.2, 0.25) is 0 Å². The van der Waals surface area contributed by atoms with Crippen LogP contribution < -0.4 is 4.57 Å². The molecule has 2 aromatic rings. The molecule has 1 heterocycles. The number of aryl methyl sites for hydroxylation is 3. The number of imidazole rings is 1. The minimum atomic E-state index is 1.15. The van der Waals surface area contributed by atoms with Gasteiger partial charge in [0, 0.05) is 6.42 Å². The van der Waals surface area contributed by atoms with E-state index in [-0.39, 0.29) is 0 Å². The Hall–Kier alpha value is -1.57. The first kappa shape index (κ1) is 39.6. The van der Waals surface area contributed by atoms with Crippen molar-refractivity contribution in [3.8, 4) is 0 Å². The number of benzene rings is 1. The first-order valence-electron chi connectivity index (χ1n) is 20.5. The van der Waals surface area contributed by atoms with Crippen molar-refractivity contribution in [1.29, 1.82) is 0 Å². The fraction of sp³-hybridized carbons (Fsp3) is 0.791. The van der Waals surface area contributed by atoms with Crippen LogP contribution in [0.5, 0.6) is 0 Å². The third-order valence-corrected chi connectivity index (χ3v) is 10.1. The molecule has 2 heteroatoms. The molecule has 0 aliphatic heterocycles. The largest absolute Gasteiger partial charge is 0.256 e. The fourth-order valence-corrected chi connectivity index (χ4v) is 7.07. The van der Waals surface area contributed by atoms with Gasteiger partial charge >= 0.3 is 0 Å². The summed E-state index contributed by atoms with van der Waals surface area (Å²) in [7, 11) is 0. The van der Waals surface area contributed by atoms with Crippen LogP contribution in [0, 0.1) is 0 Å². The summed E-state index contributed by atoms with van der Waals surface area (Å²) in [5.41, 5.74) is 1.47. The van der Waals surface area contributed by atoms with Crippen LogP contribution in [0.25, 0.3) is 0 Å². The standard InChI is InChI=1S/C43H77N2/c1-3-5-7-9-11-13-15-17-19-21-23-25-27-32-38-44-40-41-45(39-33-36-42-34-29-28-30-35-42)43(44)37-31-26-24-22-20-18-16-14-12-10-8-6-4-2/h28-30,34-35,40-41H,3-27,31-33,36-39H2,1-2H3/q+1. The lowest BCUT2D eigenvalue weighted by Crippen LogP contribution is -2.37. The highest BCUT2D eigenvalue weighted by atomic mass is 15.1. The summed E-state index contributed by atoms with van der Waals surface area (Å²) in [4.78, 5) is 0. The van der Waals surface area contributed by atoms with E-state index in [2.05, 4.69) is 65.7 Å². The maximum absolute atomic E-state index is 2.61. The summed E-state index contributed by atoms with van der Waals surface area (Å²) < 4.78 is 5.21. The summed E-state index contributed by atoms with van der Waals surface area (Å²) in [5, 5.41) is 0. The second-order valence-electron chi connectivity index (χ2n) is 14.3. The van der Waals surface area contributed by atoms with Crippen LogP contribution in [0.2, 0.25) is 0 Å². The third kappa shape index (κ3) is 21.8. The molecule has 0 bridgehead atoms. The zero-order chi connectivity index (χ0) is 31.9. The molecule has 0 radical (unpaired) electrons. The van der Waals surface area contributed by atoms with Crippen molar-refractivity contribution >= 4 is 0 Å². The number of aromatic nitrogens is 2. The van der Waals surface area contributed by atoms with Gasteiger partial charge in [-0.2, -0.15) is 0 Å². The van der Waals surface area contributed by atoms with Gasteiger partial charge in [0.1, 0.15) is 12.4 Å². The molecule has 0 unspecified atom stereocenters. The lowest BCUT2D eigenvalue weighted by molar-refractivity contribution is -0.704. The van der Waals surface area contributed by atoms with Crippen molar-refractivity contribution < 1.29 is 4.57 Å². The van der Waals surface area contributed by atoms with Crippen LogP contribution >= 0.6 is 0 Å². The molecule has 258 valence electrons. The lowest BCUT2D eigenvalue weighted by atomic mass is 10.0. The van der Waals surface area contributed by atoms with Gasteiger partial charge in [-0.25, -0.2) is 9.13 Å². The van der Waals surface area contributed by atoms with Gasteiger partial charge in [-0.3, -0.25) is 0 Å². The molecule has 1 aromatic heterocycles. The average molecular weight is 622 g/mol. The van der Waals surface area contributed by atoms with Crippen LogP contribution in [0.1, 0.15) is 205 Å². The maximum atomic E-state index is 2.61. The fourth-order valence-electron chi connectivity index (χ4n) is 7.07. The van der Waals surface area contributed by atoms with Gasteiger partial charge < -0.3 is 0 Å². The normalized spacial score (nSPS) is 11.5. The molecule has 1 aromatic carbocycles. The van der Waals surface area contributed by atoms with E-state index in [1.165, 1.54) is 205 Å². The number of unbranched alkanes of at least 4 members (excludes halogenated alkanes) is 25. The second-order valence-corrected chi connectivity index (χ2v) is 14.3. The Balaban J connectivity index is 1.61. The van der Waals surface area contributed by atoms with E-state index >= 15 is 0 Å². The highest BCUT2D eigenvalue weighted by molar-refractivity contribution is 5.14. The molecule has 0 fully saturated rings. The summed E-state index contributed by atoms with van der Waals surface area (Å²) in [5.74, 6) is 1.58. The molecule has 0 N–H and O–H groups in total. The molecule has 0 spiro atoms. The van der Waals surface area contributed by atoms with Crippen molar-refractivity contribution in [2.24, 2.45) is 0 Å². The smallest absolute Gasteiger partial charge is 0.234 e. The Morgan fingerprint density at radius 2 is 0.867 bits per heavy atom. The Labute approximate surface area is 282 Å². The van der Waals surface area contributed by atoms with Crippen LogP contribution in [-0.4, -0.2) is 4.57 Å². The molecule has 0 atom stereocenters. The van der Waals surface area contributed by atoms with Crippen molar-refractivity contribution in [3.05, 3.63) is 54.1 Å². The van der Waals surface area contributed by atoms with Crippen molar-refractivity contribution in [2.75, 3.05) is 0 Å². The molecule has 45 heavy (non-hydrogen) atoms. The van der Waals surface area contributed by atoms with Crippen molar-refractivity contribution in [2.45, 2.75) is 220 Å². The van der Waals surface area contributed by atoms with Crippen molar-refractivity contribution in [1.82, 2.24) is 4.57 Å². The highest BCUT2D eigenvalue weighted by Gasteiger charge is 2.16. The third-order valence-electron chi connectivity index (χ3n) is 10.1. The summed E-state index contributed by atoms with van der Waals surface area (Å²) in [6, 6.07) is 11.0. The first-order chi connectivity index (χ1) is 22.3. The number of hydrogen-bond donors (Lipinski definition) is 0. The van der Waals surface area contributed by atoms with E-state index in [9.17, 15) is 0 Å². The van der Waals surface area contributed by atoms with Gasteiger partial charge in [0.15, 0.2) is 0 Å². The second kappa shape index (κ2) is 29.8. The predicted molar refractivity (Wildman–Crippen MR) is 199 cm³/mol. The first-order valence-corrected chi connectivity index (χ1v) is 20.5. The number of hydrogen-bond acceptors (Lipinski definition) is 0. The molecular weight excluding hydrogens is 544 g/mol. The number of rotatable bonds is 33. The van der Waals surface area contributed by atoms with Gasteiger partial charge in [0.05, 0.1) is 13.1 Å². The molecule has 0 aliphatic rings. The summed E-state index contributed by atoms with van der Waals surface area (Å²) in [6.45, 7) is 6.97. The molecule has 0 saturated carbocycles. The minimum Gasteiger partial charge on any atom is -0.234 e. The van der Waals surface area contributed by atoms with E-state index in [0.717, 1.165) is 6.54 Å². The Kier molecular flexibility index (Phi) is 26.2. The van der Waals surface area contributed by atoms with Gasteiger partial charge in [-0.05, 0) is 37.7 Å². The zero-order valence-electron chi connectivity index (χ0n) is 30.6. The van der Waals surface area contributed by atoms with Gasteiger partial charge in [0.25, 0.3) is 5.82 Å². The Morgan fingerprint density at radius 3 is 1.33 bits per heavy atom. The minimum absolute atomic E-state index is 1.15. The number of nitrogens with zero attached hydrogens (tertiary/aromatic N) is 2. The van der Waals surface area contributed by atoms with Crippen molar-refractivity contribution in [3.63, 3.8) is 0 Å². The molecule has 2 rings (SSSR count). The molecular formula is C43H77N2+. The topological polar surface area (TPSA) is 8.81 Å². The maximum Gasteiger partial charge on any atom is 0.256 e. The SMILES string of the molecule is CCCCCCCCCCCCCCCCn1cc[n+](CCCc2ccccc2)c1CCCCCCCCCCCCCCC. The van der Waals surface area contributed by atoms with E-state index < -0.39 is 0 Å². The molecule has 0 saturated heterocycles. The van der Waals surface area contributed by atoms with E-state index in [0.29, 0.717) is 0 Å². The predicted octanol–water partition coefficient (Wildman–Crippen LogP) is 13.5. The lowest BCUT2D eigenvalue weighted by Gasteiger charge is -2.07. The van der Waals surface area contributed by atoms with Crippen LogP contribution in [-0.2, 0) is 25.9 Å². The average Bonchev–Trinajstić information content (AvgIpc) is 3.44. The summed E-state index contributed by atoms with van der Waals surface area (Å²) >= 11 is 0. The van der Waals surface area contributed by atoms with E-state index in [1.54, 1.807) is 5.82 Å². The highest BCUT2D eigenvalue weighted by Crippen LogP contribution is 2.16. The van der Waals surface area contributed by atoms with Crippen LogP contribution in [0.15, 0.2) is 42.7 Å². The zero-order valence-corrected chi connectivity index (χ0v) is 30.6. The van der Waals surface area contributed by atoms with E-state index in [1.807, 2.05) is 0 Å². The molecule has 0 amide bonds. The van der Waals surface area contributed by atoms with Crippen LogP contribution in [0.4, 0.5) is 0 Å². The molecule has 0 aliphatic carbocycles. The Bertz CT molecular complexity index is 869. The van der Waals surface area contributed by atoms with E-state index in [4.69, 9.17) is 0 Å². The van der Waals surface area contributed by atoms with Gasteiger partial charge in [-0.1, -0.05) is 198 Å². The quantitative estimate of drug-likeness (QED) is 0.0554. The molecule has 2 nitrogen and oxygen atoms in total. The van der Waals surface area contributed by atoms with Crippen LogP contribution in [0.3, 0.4) is 0 Å². The Morgan fingerprint density at radius 1 is 0.444 bits per heavy atom. The summed E-state index contributed by atoms with van der Waals surface area (Å²) in [6.07, 6.45) is 47.1.